The largest absolute Gasteiger partial charge is 0.349 e. The molecule has 2 N–H and O–H groups in total. The number of carbonyl (C=O) groups excluding carboxylic acids is 1. The van der Waals surface area contributed by atoms with Gasteiger partial charge in [0.25, 0.3) is 5.91 Å². The molecule has 1 atom stereocenters. The average molecular weight is 419 g/mol. The van der Waals surface area contributed by atoms with Crippen LogP contribution in [0.3, 0.4) is 0 Å². The molecular weight excluding hydrogens is 406 g/mol. The number of carbonyl (C=O) groups is 1. The number of fused-ring (bicyclic) bond motifs is 1. The molecule has 0 spiro atoms. The van der Waals surface area contributed by atoms with E-state index in [-0.39, 0.29) is 22.1 Å². The Balaban J connectivity index is 1.74. The van der Waals surface area contributed by atoms with Crippen LogP contribution in [0, 0.1) is 12.7 Å². The Morgan fingerprint density at radius 1 is 1.25 bits per heavy atom. The van der Waals surface area contributed by atoms with Crippen molar-refractivity contribution in [3.63, 3.8) is 0 Å². The SMILES string of the molecule is Cc1nc([C@@H](NC(=O)c2[nH]c3ccc(Cl)cc3c2Cl)c2ccccc2F)no1. The fourth-order valence-corrected chi connectivity index (χ4v) is 3.38. The molecule has 4 rings (SSSR count). The molecule has 0 aliphatic heterocycles. The summed E-state index contributed by atoms with van der Waals surface area (Å²) in [6, 6.07) is 10.1. The van der Waals surface area contributed by atoms with Crippen molar-refractivity contribution in [1.82, 2.24) is 20.4 Å². The Labute approximate surface area is 168 Å². The van der Waals surface area contributed by atoms with Gasteiger partial charge in [-0.2, -0.15) is 4.98 Å². The van der Waals surface area contributed by atoms with Gasteiger partial charge in [-0.1, -0.05) is 46.6 Å². The quantitative estimate of drug-likeness (QED) is 0.497. The molecule has 0 radical (unpaired) electrons. The van der Waals surface area contributed by atoms with Crippen molar-refractivity contribution in [2.45, 2.75) is 13.0 Å². The van der Waals surface area contributed by atoms with Crippen LogP contribution in [0.2, 0.25) is 10.0 Å². The zero-order chi connectivity index (χ0) is 19.8. The normalized spacial score (nSPS) is 12.3. The molecule has 2 heterocycles. The van der Waals surface area contributed by atoms with E-state index in [9.17, 15) is 9.18 Å². The summed E-state index contributed by atoms with van der Waals surface area (Å²) in [6.07, 6.45) is 0. The van der Waals surface area contributed by atoms with Crippen LogP contribution in [-0.4, -0.2) is 21.0 Å². The van der Waals surface area contributed by atoms with Gasteiger partial charge in [-0.3, -0.25) is 4.79 Å². The summed E-state index contributed by atoms with van der Waals surface area (Å²) in [6.45, 7) is 1.61. The lowest BCUT2D eigenvalue weighted by Gasteiger charge is -2.16. The van der Waals surface area contributed by atoms with Gasteiger partial charge in [0, 0.05) is 28.4 Å². The molecule has 2 aromatic carbocycles. The maximum Gasteiger partial charge on any atom is 0.270 e. The standard InChI is InChI=1S/C19H13Cl2FN4O2/c1-9-23-18(26-28-9)16(11-4-2-3-5-13(11)22)25-19(27)17-15(21)12-8-10(20)6-7-14(12)24-17/h2-8,16,24H,1H3,(H,25,27)/t16-/m0/s1. The second kappa shape index (κ2) is 7.26. The van der Waals surface area contributed by atoms with Gasteiger partial charge >= 0.3 is 0 Å². The van der Waals surface area contributed by atoms with Gasteiger partial charge in [0.1, 0.15) is 17.6 Å². The first kappa shape index (κ1) is 18.5. The summed E-state index contributed by atoms with van der Waals surface area (Å²) in [5.41, 5.74) is 0.977. The van der Waals surface area contributed by atoms with E-state index >= 15 is 0 Å². The Kier molecular flexibility index (Phi) is 4.78. The van der Waals surface area contributed by atoms with E-state index in [0.717, 1.165) is 0 Å². The number of aromatic amines is 1. The van der Waals surface area contributed by atoms with Crippen molar-refractivity contribution in [2.75, 3.05) is 0 Å². The summed E-state index contributed by atoms with van der Waals surface area (Å²) < 4.78 is 19.4. The van der Waals surface area contributed by atoms with Crippen molar-refractivity contribution in [2.24, 2.45) is 0 Å². The third-order valence-electron chi connectivity index (χ3n) is 4.22. The molecule has 6 nitrogen and oxygen atoms in total. The van der Waals surface area contributed by atoms with Gasteiger partial charge in [0.2, 0.25) is 5.89 Å². The number of aryl methyl sites for hydroxylation is 1. The molecular formula is C19H13Cl2FN4O2. The summed E-state index contributed by atoms with van der Waals surface area (Å²) in [5.74, 6) is -0.632. The molecule has 0 unspecified atom stereocenters. The first-order chi connectivity index (χ1) is 13.4. The van der Waals surface area contributed by atoms with Crippen molar-refractivity contribution in [1.29, 1.82) is 0 Å². The smallest absolute Gasteiger partial charge is 0.270 e. The van der Waals surface area contributed by atoms with Gasteiger partial charge < -0.3 is 14.8 Å². The predicted octanol–water partition coefficient (Wildman–Crippen LogP) is 4.82. The second-order valence-electron chi connectivity index (χ2n) is 6.10. The van der Waals surface area contributed by atoms with Crippen LogP contribution in [0.15, 0.2) is 47.0 Å². The van der Waals surface area contributed by atoms with E-state index in [1.165, 1.54) is 6.07 Å². The maximum atomic E-state index is 14.4. The predicted molar refractivity (Wildman–Crippen MR) is 103 cm³/mol. The molecule has 142 valence electrons. The lowest BCUT2D eigenvalue weighted by Crippen LogP contribution is -2.31. The Morgan fingerprint density at radius 3 is 2.75 bits per heavy atom. The maximum absolute atomic E-state index is 14.4. The first-order valence-corrected chi connectivity index (χ1v) is 9.02. The number of rotatable bonds is 4. The third kappa shape index (κ3) is 3.34. The van der Waals surface area contributed by atoms with Crippen molar-refractivity contribution < 1.29 is 13.7 Å². The van der Waals surface area contributed by atoms with Crippen molar-refractivity contribution in [3.8, 4) is 0 Å². The first-order valence-electron chi connectivity index (χ1n) is 8.26. The van der Waals surface area contributed by atoms with Crippen molar-refractivity contribution in [3.05, 3.63) is 81.3 Å². The minimum Gasteiger partial charge on any atom is -0.349 e. The molecule has 1 amide bonds. The molecule has 0 saturated carbocycles. The highest BCUT2D eigenvalue weighted by atomic mass is 35.5. The molecule has 0 aliphatic rings. The Hall–Kier alpha value is -2.90. The Bertz CT molecular complexity index is 1190. The number of aromatic nitrogens is 3. The van der Waals surface area contributed by atoms with Crippen LogP contribution < -0.4 is 5.32 Å². The highest BCUT2D eigenvalue weighted by Gasteiger charge is 2.27. The minimum absolute atomic E-state index is 0.125. The molecule has 28 heavy (non-hydrogen) atoms. The summed E-state index contributed by atoms with van der Waals surface area (Å²) in [7, 11) is 0. The molecule has 0 fully saturated rings. The molecule has 2 aromatic heterocycles. The monoisotopic (exact) mass is 418 g/mol. The lowest BCUT2D eigenvalue weighted by molar-refractivity contribution is 0.0936. The number of nitrogens with one attached hydrogen (secondary N) is 2. The van der Waals surface area contributed by atoms with E-state index in [0.29, 0.717) is 21.8 Å². The highest BCUT2D eigenvalue weighted by molar-refractivity contribution is 6.39. The molecule has 0 aliphatic carbocycles. The zero-order valence-electron chi connectivity index (χ0n) is 14.5. The number of nitrogens with zero attached hydrogens (tertiary/aromatic N) is 2. The molecule has 9 heteroatoms. The van der Waals surface area contributed by atoms with Gasteiger partial charge in [-0.05, 0) is 24.3 Å². The highest BCUT2D eigenvalue weighted by Crippen LogP contribution is 2.30. The number of halogens is 3. The van der Waals surface area contributed by atoms with Gasteiger partial charge in [0.05, 0.1) is 5.02 Å². The topological polar surface area (TPSA) is 83.8 Å². The van der Waals surface area contributed by atoms with E-state index in [2.05, 4.69) is 20.4 Å². The second-order valence-corrected chi connectivity index (χ2v) is 6.92. The average Bonchev–Trinajstić information content (AvgIpc) is 3.24. The van der Waals surface area contributed by atoms with E-state index in [1.807, 2.05) is 0 Å². The van der Waals surface area contributed by atoms with Gasteiger partial charge in [0.15, 0.2) is 5.82 Å². The van der Waals surface area contributed by atoms with E-state index in [1.54, 1.807) is 43.3 Å². The minimum atomic E-state index is -0.961. The van der Waals surface area contributed by atoms with Crippen molar-refractivity contribution >= 4 is 40.0 Å². The number of hydrogen-bond acceptors (Lipinski definition) is 4. The van der Waals surface area contributed by atoms with Crippen LogP contribution >= 0.6 is 23.2 Å². The molecule has 0 bridgehead atoms. The number of hydrogen-bond donors (Lipinski definition) is 2. The fourth-order valence-electron chi connectivity index (χ4n) is 2.91. The molecule has 0 saturated heterocycles. The Morgan fingerprint density at radius 2 is 2.04 bits per heavy atom. The van der Waals surface area contributed by atoms with E-state index in [4.69, 9.17) is 27.7 Å². The molecule has 4 aromatic rings. The van der Waals surface area contributed by atoms with Crippen LogP contribution in [0.1, 0.15) is 33.8 Å². The zero-order valence-corrected chi connectivity index (χ0v) is 16.0. The van der Waals surface area contributed by atoms with Crippen LogP contribution in [-0.2, 0) is 0 Å². The summed E-state index contributed by atoms with van der Waals surface area (Å²) >= 11 is 12.4. The summed E-state index contributed by atoms with van der Waals surface area (Å²) in [4.78, 5) is 20.0. The van der Waals surface area contributed by atoms with E-state index < -0.39 is 17.8 Å². The van der Waals surface area contributed by atoms with Gasteiger partial charge in [-0.15, -0.1) is 0 Å². The van der Waals surface area contributed by atoms with Crippen LogP contribution in [0.25, 0.3) is 10.9 Å². The summed E-state index contributed by atoms with van der Waals surface area (Å²) in [5, 5.41) is 7.87. The van der Waals surface area contributed by atoms with Gasteiger partial charge in [-0.25, -0.2) is 4.39 Å². The van der Waals surface area contributed by atoms with Crippen LogP contribution in [0.5, 0.6) is 0 Å². The number of H-pyrrole nitrogens is 1. The fraction of sp³-hybridized carbons (Fsp3) is 0.105. The van der Waals surface area contributed by atoms with Crippen LogP contribution in [0.4, 0.5) is 4.39 Å². The lowest BCUT2D eigenvalue weighted by atomic mass is 10.1. The number of benzene rings is 2. The number of amides is 1. The third-order valence-corrected chi connectivity index (χ3v) is 4.85.